The van der Waals surface area contributed by atoms with Gasteiger partial charge in [-0.25, -0.2) is 0 Å². The zero-order chi connectivity index (χ0) is 20.5. The van der Waals surface area contributed by atoms with Crippen LogP contribution in [0.25, 0.3) is 0 Å². The molecule has 0 saturated carbocycles. The predicted molar refractivity (Wildman–Crippen MR) is 108 cm³/mol. The molecular formula is C22H27NO5. The van der Waals surface area contributed by atoms with Gasteiger partial charge in [-0.05, 0) is 48.6 Å². The van der Waals surface area contributed by atoms with Crippen LogP contribution in [0.2, 0.25) is 0 Å². The molecule has 2 rings (SSSR count). The molecule has 1 amide bonds. The minimum atomic E-state index is -0.433. The van der Waals surface area contributed by atoms with Crippen LogP contribution >= 0.6 is 0 Å². The molecule has 0 aliphatic rings. The van der Waals surface area contributed by atoms with E-state index < -0.39 is 5.97 Å². The first kappa shape index (κ1) is 21.3. The lowest BCUT2D eigenvalue weighted by Gasteiger charge is -2.13. The van der Waals surface area contributed by atoms with E-state index in [9.17, 15) is 9.59 Å². The summed E-state index contributed by atoms with van der Waals surface area (Å²) in [5.74, 6) is 0.539. The lowest BCUT2D eigenvalue weighted by Crippen LogP contribution is -2.22. The van der Waals surface area contributed by atoms with Crippen molar-refractivity contribution >= 4 is 17.6 Å². The Morgan fingerprint density at radius 3 is 2.32 bits per heavy atom. The number of esters is 1. The van der Waals surface area contributed by atoms with Crippen molar-refractivity contribution in [2.45, 2.75) is 33.1 Å². The number of carbonyl (C=O) groups excluding carboxylic acids is 2. The number of hydrogen-bond acceptors (Lipinski definition) is 5. The van der Waals surface area contributed by atoms with Crippen molar-refractivity contribution in [3.63, 3.8) is 0 Å². The smallest absolute Gasteiger partial charge is 0.306 e. The summed E-state index contributed by atoms with van der Waals surface area (Å²) in [5, 5.41) is 2.84. The van der Waals surface area contributed by atoms with E-state index in [1.54, 1.807) is 20.3 Å². The molecule has 0 radical (unpaired) electrons. The number of para-hydroxylation sites is 1. The second kappa shape index (κ2) is 10.3. The summed E-state index contributed by atoms with van der Waals surface area (Å²) in [7, 11) is 3.15. The molecule has 1 N–H and O–H groups in total. The molecule has 0 fully saturated rings. The molecule has 6 nitrogen and oxygen atoms in total. The number of hydrogen-bond donors (Lipinski definition) is 1. The van der Waals surface area contributed by atoms with Crippen molar-refractivity contribution < 1.29 is 23.8 Å². The summed E-state index contributed by atoms with van der Waals surface area (Å²) >= 11 is 0. The van der Waals surface area contributed by atoms with Gasteiger partial charge in [0.1, 0.15) is 11.5 Å². The van der Waals surface area contributed by atoms with Crippen molar-refractivity contribution in [3.8, 4) is 11.5 Å². The zero-order valence-corrected chi connectivity index (χ0v) is 16.8. The van der Waals surface area contributed by atoms with E-state index in [1.165, 1.54) is 0 Å². The highest BCUT2D eigenvalue weighted by molar-refractivity contribution is 5.94. The Hall–Kier alpha value is -3.02. The first-order valence-corrected chi connectivity index (χ1v) is 9.22. The average molecular weight is 385 g/mol. The minimum absolute atomic E-state index is 0.161. The number of rotatable bonds is 9. The van der Waals surface area contributed by atoms with Gasteiger partial charge in [-0.15, -0.1) is 0 Å². The monoisotopic (exact) mass is 385 g/mol. The molecule has 28 heavy (non-hydrogen) atoms. The second-order valence-electron chi connectivity index (χ2n) is 6.39. The number of amides is 1. The summed E-state index contributed by atoms with van der Waals surface area (Å²) in [6, 6.07) is 11.3. The van der Waals surface area contributed by atoms with Gasteiger partial charge in [-0.2, -0.15) is 0 Å². The number of methoxy groups -OCH3 is 2. The van der Waals surface area contributed by atoms with Gasteiger partial charge in [0.15, 0.2) is 6.61 Å². The van der Waals surface area contributed by atoms with Crippen molar-refractivity contribution in [1.82, 2.24) is 0 Å². The van der Waals surface area contributed by atoms with Crippen LogP contribution in [0.1, 0.15) is 30.0 Å². The molecule has 0 aliphatic heterocycles. The van der Waals surface area contributed by atoms with Crippen LogP contribution in [-0.4, -0.2) is 32.7 Å². The third-order valence-corrected chi connectivity index (χ3v) is 4.40. The lowest BCUT2D eigenvalue weighted by atomic mass is 10.1. The Bertz CT molecular complexity index is 809. The average Bonchev–Trinajstić information content (AvgIpc) is 2.71. The van der Waals surface area contributed by atoms with E-state index in [2.05, 4.69) is 5.32 Å². The zero-order valence-electron chi connectivity index (χ0n) is 16.8. The predicted octanol–water partition coefficient (Wildman–Crippen LogP) is 3.69. The number of anilines is 1. The van der Waals surface area contributed by atoms with Crippen LogP contribution in [-0.2, 0) is 27.2 Å². The minimum Gasteiger partial charge on any atom is -0.497 e. The molecule has 0 spiro atoms. The molecule has 6 heteroatoms. The summed E-state index contributed by atoms with van der Waals surface area (Å²) in [6.07, 6.45) is 1.43. The molecule has 2 aromatic carbocycles. The number of aryl methyl sites for hydroxylation is 3. The molecule has 150 valence electrons. The third kappa shape index (κ3) is 6.01. The molecule has 0 bridgehead atoms. The first-order valence-electron chi connectivity index (χ1n) is 9.22. The Balaban J connectivity index is 1.85. The Morgan fingerprint density at radius 2 is 1.71 bits per heavy atom. The lowest BCUT2D eigenvalue weighted by molar-refractivity contribution is -0.147. The van der Waals surface area contributed by atoms with Gasteiger partial charge in [-0.1, -0.05) is 25.1 Å². The Morgan fingerprint density at radius 1 is 1.04 bits per heavy atom. The van der Waals surface area contributed by atoms with Crippen LogP contribution in [0.4, 0.5) is 5.69 Å². The highest BCUT2D eigenvalue weighted by atomic mass is 16.5. The summed E-state index contributed by atoms with van der Waals surface area (Å²) in [6.45, 7) is 3.65. The van der Waals surface area contributed by atoms with Gasteiger partial charge in [0.05, 0.1) is 14.2 Å². The fourth-order valence-electron chi connectivity index (χ4n) is 2.85. The van der Waals surface area contributed by atoms with Gasteiger partial charge in [0.2, 0.25) is 0 Å². The van der Waals surface area contributed by atoms with Crippen molar-refractivity contribution in [3.05, 3.63) is 53.1 Å². The Labute approximate surface area is 165 Å². The SMILES string of the molecule is CCc1cccc(C)c1NC(=O)COC(=O)CCc1cc(OC)cc(OC)c1. The van der Waals surface area contributed by atoms with Gasteiger partial charge in [-0.3, -0.25) is 9.59 Å². The number of benzene rings is 2. The highest BCUT2D eigenvalue weighted by Crippen LogP contribution is 2.23. The third-order valence-electron chi connectivity index (χ3n) is 4.40. The second-order valence-corrected chi connectivity index (χ2v) is 6.39. The topological polar surface area (TPSA) is 73.9 Å². The maximum atomic E-state index is 12.2. The van der Waals surface area contributed by atoms with Crippen LogP contribution < -0.4 is 14.8 Å². The van der Waals surface area contributed by atoms with Crippen LogP contribution in [0, 0.1) is 6.92 Å². The number of carbonyl (C=O) groups is 2. The van der Waals surface area contributed by atoms with E-state index in [1.807, 2.05) is 44.2 Å². The van der Waals surface area contributed by atoms with Gasteiger partial charge in [0.25, 0.3) is 5.91 Å². The first-order chi connectivity index (χ1) is 13.5. The summed E-state index contributed by atoms with van der Waals surface area (Å²) < 4.78 is 15.5. The largest absolute Gasteiger partial charge is 0.497 e. The van der Waals surface area contributed by atoms with Gasteiger partial charge in [0, 0.05) is 18.2 Å². The fraction of sp³-hybridized carbons (Fsp3) is 0.364. The molecule has 0 saturated heterocycles. The quantitative estimate of drug-likeness (QED) is 0.667. The normalized spacial score (nSPS) is 10.3. The van der Waals surface area contributed by atoms with Crippen molar-refractivity contribution in [2.75, 3.05) is 26.1 Å². The summed E-state index contributed by atoms with van der Waals surface area (Å²) in [4.78, 5) is 24.2. The van der Waals surface area contributed by atoms with E-state index in [4.69, 9.17) is 14.2 Å². The number of ether oxygens (including phenoxy) is 3. The van der Waals surface area contributed by atoms with E-state index >= 15 is 0 Å². The molecule has 0 unspecified atom stereocenters. The van der Waals surface area contributed by atoms with Crippen molar-refractivity contribution in [2.24, 2.45) is 0 Å². The van der Waals surface area contributed by atoms with Crippen LogP contribution in [0.5, 0.6) is 11.5 Å². The number of nitrogens with one attached hydrogen (secondary N) is 1. The van der Waals surface area contributed by atoms with E-state index in [0.717, 1.165) is 28.8 Å². The van der Waals surface area contributed by atoms with E-state index in [0.29, 0.717) is 17.9 Å². The molecule has 0 atom stereocenters. The maximum absolute atomic E-state index is 12.2. The molecule has 0 aromatic heterocycles. The fourth-order valence-corrected chi connectivity index (χ4v) is 2.85. The van der Waals surface area contributed by atoms with E-state index in [-0.39, 0.29) is 18.9 Å². The highest BCUT2D eigenvalue weighted by Gasteiger charge is 2.12. The Kier molecular flexibility index (Phi) is 7.87. The standard InChI is InChI=1S/C22H27NO5/c1-5-17-8-6-7-15(2)22(17)23-20(24)14-28-21(25)10-9-16-11-18(26-3)13-19(12-16)27-4/h6-8,11-13H,5,9-10,14H2,1-4H3,(H,23,24). The molecule has 0 aliphatic carbocycles. The van der Waals surface area contributed by atoms with Crippen LogP contribution in [0.3, 0.4) is 0 Å². The van der Waals surface area contributed by atoms with Crippen LogP contribution in [0.15, 0.2) is 36.4 Å². The molecule has 0 heterocycles. The van der Waals surface area contributed by atoms with Gasteiger partial charge >= 0.3 is 5.97 Å². The molecule has 2 aromatic rings. The summed E-state index contributed by atoms with van der Waals surface area (Å²) in [5.41, 5.74) is 3.71. The van der Waals surface area contributed by atoms with Gasteiger partial charge < -0.3 is 19.5 Å². The molecular weight excluding hydrogens is 358 g/mol. The van der Waals surface area contributed by atoms with Crippen molar-refractivity contribution in [1.29, 1.82) is 0 Å². The maximum Gasteiger partial charge on any atom is 0.306 e.